The second kappa shape index (κ2) is 8.30. The van der Waals surface area contributed by atoms with Gasteiger partial charge in [0.15, 0.2) is 11.5 Å². The predicted molar refractivity (Wildman–Crippen MR) is 103 cm³/mol. The zero-order valence-electron chi connectivity index (χ0n) is 15.5. The van der Waals surface area contributed by atoms with Gasteiger partial charge in [-0.25, -0.2) is 13.2 Å². The lowest BCUT2D eigenvalue weighted by molar-refractivity contribution is 0.0502. The molecule has 0 saturated heterocycles. The average molecular weight is 404 g/mol. The molecule has 1 heterocycles. The predicted octanol–water partition coefficient (Wildman–Crippen LogP) is 1.99. The number of fused-ring (bicyclic) bond motifs is 1. The highest BCUT2D eigenvalue weighted by atomic mass is 32.2. The van der Waals surface area contributed by atoms with Gasteiger partial charge in [0, 0.05) is 18.5 Å². The molecular weight excluding hydrogens is 384 g/mol. The van der Waals surface area contributed by atoms with Gasteiger partial charge in [-0.2, -0.15) is 0 Å². The summed E-state index contributed by atoms with van der Waals surface area (Å²) in [6.07, 6.45) is 0.451. The molecule has 0 saturated carbocycles. The third-order valence-electron chi connectivity index (χ3n) is 4.09. The molecule has 1 N–H and O–H groups in total. The van der Waals surface area contributed by atoms with Crippen LogP contribution in [0, 0.1) is 0 Å². The van der Waals surface area contributed by atoms with E-state index >= 15 is 0 Å². The Morgan fingerprint density at radius 1 is 1.07 bits per heavy atom. The number of hydrogen-bond acceptors (Lipinski definition) is 7. The standard InChI is InChI=1S/C19H20N2O6S/c1-25-15-9-8-13(12-16(15)26-2)19(22)27-11-5-10-20-18-14-6-3-4-7-17(14)28(23,24)21-18/h3-4,6-9,12H,5,10-11H2,1-2H3,(H,20,21). The Morgan fingerprint density at radius 3 is 2.57 bits per heavy atom. The van der Waals surface area contributed by atoms with Gasteiger partial charge in [0.1, 0.15) is 5.84 Å². The van der Waals surface area contributed by atoms with Crippen molar-refractivity contribution >= 4 is 21.8 Å². The van der Waals surface area contributed by atoms with Crippen molar-refractivity contribution in [1.82, 2.24) is 4.72 Å². The molecule has 0 bridgehead atoms. The van der Waals surface area contributed by atoms with Gasteiger partial charge in [0.25, 0.3) is 10.0 Å². The number of ether oxygens (including phenoxy) is 3. The van der Waals surface area contributed by atoms with Crippen molar-refractivity contribution < 1.29 is 27.4 Å². The minimum atomic E-state index is -3.55. The monoisotopic (exact) mass is 404 g/mol. The second-order valence-electron chi connectivity index (χ2n) is 5.89. The van der Waals surface area contributed by atoms with Gasteiger partial charge in [-0.15, -0.1) is 0 Å². The quantitative estimate of drug-likeness (QED) is 0.559. The van der Waals surface area contributed by atoms with Crippen LogP contribution >= 0.6 is 0 Å². The molecule has 1 aliphatic rings. The average Bonchev–Trinajstić information content (AvgIpc) is 2.97. The van der Waals surface area contributed by atoms with Crippen molar-refractivity contribution in [1.29, 1.82) is 0 Å². The van der Waals surface area contributed by atoms with Crippen LogP contribution in [0.15, 0.2) is 52.4 Å². The van der Waals surface area contributed by atoms with Crippen LogP contribution in [0.1, 0.15) is 22.3 Å². The number of aliphatic imine (C=N–C) groups is 1. The molecule has 9 heteroatoms. The number of esters is 1. The summed E-state index contributed by atoms with van der Waals surface area (Å²) in [5.41, 5.74) is 0.895. The highest BCUT2D eigenvalue weighted by Crippen LogP contribution is 2.27. The Bertz CT molecular complexity index is 1020. The molecule has 2 aromatic rings. The van der Waals surface area contributed by atoms with Crippen LogP contribution < -0.4 is 14.2 Å². The number of nitrogens with zero attached hydrogens (tertiary/aromatic N) is 1. The first-order valence-electron chi connectivity index (χ1n) is 8.52. The lowest BCUT2D eigenvalue weighted by atomic mass is 10.2. The molecule has 0 atom stereocenters. The molecule has 0 fully saturated rings. The van der Waals surface area contributed by atoms with E-state index in [2.05, 4.69) is 9.71 Å². The Hall–Kier alpha value is -3.07. The first-order chi connectivity index (χ1) is 13.5. The molecule has 0 radical (unpaired) electrons. The number of sulfonamides is 1. The number of nitrogens with one attached hydrogen (secondary N) is 1. The third kappa shape index (κ3) is 4.09. The molecule has 3 rings (SSSR count). The fourth-order valence-corrected chi connectivity index (χ4v) is 3.97. The number of rotatable bonds is 7. The molecule has 28 heavy (non-hydrogen) atoms. The number of carbonyl (C=O) groups is 1. The summed E-state index contributed by atoms with van der Waals surface area (Å²) >= 11 is 0. The van der Waals surface area contributed by atoms with E-state index in [4.69, 9.17) is 14.2 Å². The number of amidine groups is 1. The normalized spacial score (nSPS) is 15.6. The highest BCUT2D eigenvalue weighted by molar-refractivity contribution is 7.90. The number of carbonyl (C=O) groups excluding carboxylic acids is 1. The van der Waals surface area contributed by atoms with E-state index in [1.165, 1.54) is 20.3 Å². The largest absolute Gasteiger partial charge is 0.493 e. The maximum Gasteiger partial charge on any atom is 0.338 e. The van der Waals surface area contributed by atoms with Crippen LogP contribution in [-0.2, 0) is 14.8 Å². The lowest BCUT2D eigenvalue weighted by Gasteiger charge is -2.09. The molecule has 0 spiro atoms. The SMILES string of the molecule is COc1ccc(C(=O)OCCCN=C2NS(=O)(=O)c3ccccc32)cc1OC. The van der Waals surface area contributed by atoms with Crippen LogP contribution in [0.25, 0.3) is 0 Å². The topological polar surface area (TPSA) is 103 Å². The number of benzene rings is 2. The summed E-state index contributed by atoms with van der Waals surface area (Å²) in [4.78, 5) is 16.6. The summed E-state index contributed by atoms with van der Waals surface area (Å²) in [5.74, 6) is 0.784. The van der Waals surface area contributed by atoms with Crippen LogP contribution in [-0.4, -0.2) is 47.6 Å². The van der Waals surface area contributed by atoms with E-state index in [-0.39, 0.29) is 11.5 Å². The maximum absolute atomic E-state index is 12.1. The Labute approximate surface area is 163 Å². The summed E-state index contributed by atoms with van der Waals surface area (Å²) in [6.45, 7) is 0.462. The van der Waals surface area contributed by atoms with Gasteiger partial charge in [-0.05, 0) is 30.3 Å². The first kappa shape index (κ1) is 19.7. The highest BCUT2D eigenvalue weighted by Gasteiger charge is 2.29. The molecule has 1 aliphatic heterocycles. The Morgan fingerprint density at radius 2 is 1.82 bits per heavy atom. The van der Waals surface area contributed by atoms with E-state index in [9.17, 15) is 13.2 Å². The molecule has 0 amide bonds. The van der Waals surface area contributed by atoms with E-state index in [1.807, 2.05) is 0 Å². The van der Waals surface area contributed by atoms with Crippen molar-refractivity contribution in [3.63, 3.8) is 0 Å². The Balaban J connectivity index is 1.54. The Kier molecular flexibility index (Phi) is 5.84. The van der Waals surface area contributed by atoms with E-state index < -0.39 is 16.0 Å². The number of hydrogen-bond donors (Lipinski definition) is 1. The summed E-state index contributed by atoms with van der Waals surface area (Å²) < 4.78 is 42.0. The van der Waals surface area contributed by atoms with E-state index in [0.29, 0.717) is 41.4 Å². The number of methoxy groups -OCH3 is 2. The zero-order chi connectivity index (χ0) is 20.1. The third-order valence-corrected chi connectivity index (χ3v) is 5.48. The van der Waals surface area contributed by atoms with Crippen LogP contribution in [0.3, 0.4) is 0 Å². The van der Waals surface area contributed by atoms with Gasteiger partial charge in [0.05, 0.1) is 31.3 Å². The maximum atomic E-state index is 12.1. The van der Waals surface area contributed by atoms with Crippen LogP contribution in [0.5, 0.6) is 11.5 Å². The zero-order valence-corrected chi connectivity index (χ0v) is 16.3. The van der Waals surface area contributed by atoms with Crippen molar-refractivity contribution in [3.8, 4) is 11.5 Å². The fourth-order valence-electron chi connectivity index (χ4n) is 2.72. The fraction of sp³-hybridized carbons (Fsp3) is 0.263. The smallest absolute Gasteiger partial charge is 0.338 e. The first-order valence-corrected chi connectivity index (χ1v) is 10.0. The van der Waals surface area contributed by atoms with Crippen molar-refractivity contribution in [2.24, 2.45) is 4.99 Å². The molecule has 0 aliphatic carbocycles. The second-order valence-corrected chi connectivity index (χ2v) is 7.54. The summed E-state index contributed by atoms with van der Waals surface area (Å²) in [5, 5.41) is 0. The summed E-state index contributed by atoms with van der Waals surface area (Å²) in [7, 11) is -0.546. The van der Waals surface area contributed by atoms with E-state index in [1.54, 1.807) is 36.4 Å². The molecular formula is C19H20N2O6S. The van der Waals surface area contributed by atoms with Gasteiger partial charge in [-0.3, -0.25) is 9.71 Å². The van der Waals surface area contributed by atoms with Gasteiger partial charge < -0.3 is 14.2 Å². The van der Waals surface area contributed by atoms with E-state index in [0.717, 1.165) is 0 Å². The van der Waals surface area contributed by atoms with Crippen molar-refractivity contribution in [2.45, 2.75) is 11.3 Å². The molecule has 8 nitrogen and oxygen atoms in total. The van der Waals surface area contributed by atoms with Gasteiger partial charge in [-0.1, -0.05) is 12.1 Å². The summed E-state index contributed by atoms with van der Waals surface area (Å²) in [6, 6.07) is 11.4. The minimum absolute atomic E-state index is 0.151. The van der Waals surface area contributed by atoms with Crippen molar-refractivity contribution in [2.75, 3.05) is 27.4 Å². The minimum Gasteiger partial charge on any atom is -0.493 e. The van der Waals surface area contributed by atoms with Crippen LogP contribution in [0.4, 0.5) is 0 Å². The molecule has 148 valence electrons. The van der Waals surface area contributed by atoms with Gasteiger partial charge >= 0.3 is 5.97 Å². The van der Waals surface area contributed by atoms with Gasteiger partial charge in [0.2, 0.25) is 0 Å². The van der Waals surface area contributed by atoms with Crippen LogP contribution in [0.2, 0.25) is 0 Å². The molecule has 2 aromatic carbocycles. The molecule has 0 unspecified atom stereocenters. The molecule has 0 aromatic heterocycles. The lowest BCUT2D eigenvalue weighted by Crippen LogP contribution is -2.22. The van der Waals surface area contributed by atoms with Crippen molar-refractivity contribution in [3.05, 3.63) is 53.6 Å².